The number of carbonyl (C=O) groups is 1. The lowest BCUT2D eigenvalue weighted by atomic mass is 9.93. The maximum Gasteiger partial charge on any atom is 0.255 e. The lowest BCUT2D eigenvalue weighted by Gasteiger charge is -2.14. The number of fused-ring (bicyclic) bond motifs is 1. The lowest BCUT2D eigenvalue weighted by molar-refractivity contribution is 0.102. The number of carbonyl (C=O) groups excluding carboxylic acids is 1. The zero-order valence-electron chi connectivity index (χ0n) is 12.2. The standard InChI is InChI=1S/C18H20N2O/c1-13-12-19-10-9-14-7-8-15(11-17(13)14)18(21)20-16-5-3-2-4-6-16/h2-8,11,13,19H,9-10,12H2,1H3,(H,20,21). The van der Waals surface area contributed by atoms with E-state index in [9.17, 15) is 4.79 Å². The molecule has 0 bridgehead atoms. The summed E-state index contributed by atoms with van der Waals surface area (Å²) >= 11 is 0. The van der Waals surface area contributed by atoms with Crippen LogP contribution >= 0.6 is 0 Å². The fourth-order valence-electron chi connectivity index (χ4n) is 2.80. The molecule has 2 N–H and O–H groups in total. The van der Waals surface area contributed by atoms with E-state index in [2.05, 4.69) is 23.6 Å². The Morgan fingerprint density at radius 3 is 2.81 bits per heavy atom. The van der Waals surface area contributed by atoms with Crippen LogP contribution in [0.25, 0.3) is 0 Å². The first-order valence-corrected chi connectivity index (χ1v) is 7.44. The van der Waals surface area contributed by atoms with Crippen LogP contribution in [-0.2, 0) is 6.42 Å². The number of amides is 1. The fourth-order valence-corrected chi connectivity index (χ4v) is 2.80. The summed E-state index contributed by atoms with van der Waals surface area (Å²) in [5, 5.41) is 6.37. The SMILES string of the molecule is CC1CNCCc2ccc(C(=O)Nc3ccccc3)cc21. The third kappa shape index (κ3) is 3.14. The molecule has 21 heavy (non-hydrogen) atoms. The third-order valence-corrected chi connectivity index (χ3v) is 3.99. The molecule has 0 spiro atoms. The topological polar surface area (TPSA) is 41.1 Å². The van der Waals surface area contributed by atoms with Crippen LogP contribution in [0.2, 0.25) is 0 Å². The number of rotatable bonds is 2. The predicted octanol–water partition coefficient (Wildman–Crippen LogP) is 3.19. The van der Waals surface area contributed by atoms with E-state index >= 15 is 0 Å². The molecule has 1 aliphatic heterocycles. The molecule has 108 valence electrons. The van der Waals surface area contributed by atoms with Gasteiger partial charge in [-0.1, -0.05) is 31.2 Å². The van der Waals surface area contributed by atoms with E-state index in [4.69, 9.17) is 0 Å². The Morgan fingerprint density at radius 2 is 2.00 bits per heavy atom. The van der Waals surface area contributed by atoms with E-state index in [0.29, 0.717) is 5.92 Å². The van der Waals surface area contributed by atoms with Crippen molar-refractivity contribution in [2.24, 2.45) is 0 Å². The minimum atomic E-state index is -0.0478. The molecule has 0 saturated carbocycles. The second-order valence-corrected chi connectivity index (χ2v) is 5.59. The zero-order valence-corrected chi connectivity index (χ0v) is 12.2. The van der Waals surface area contributed by atoms with Gasteiger partial charge in [0, 0.05) is 17.8 Å². The summed E-state index contributed by atoms with van der Waals surface area (Å²) in [4.78, 5) is 12.4. The first kappa shape index (κ1) is 13.8. The predicted molar refractivity (Wildman–Crippen MR) is 85.8 cm³/mol. The Hall–Kier alpha value is -2.13. The molecule has 1 heterocycles. The molecule has 3 nitrogen and oxygen atoms in total. The molecule has 1 unspecified atom stereocenters. The van der Waals surface area contributed by atoms with Crippen molar-refractivity contribution in [3.63, 3.8) is 0 Å². The van der Waals surface area contributed by atoms with Gasteiger partial charge in [-0.2, -0.15) is 0 Å². The van der Waals surface area contributed by atoms with E-state index in [1.807, 2.05) is 42.5 Å². The van der Waals surface area contributed by atoms with Crippen molar-refractivity contribution >= 4 is 11.6 Å². The second kappa shape index (κ2) is 6.10. The summed E-state index contributed by atoms with van der Waals surface area (Å²) < 4.78 is 0. The highest BCUT2D eigenvalue weighted by atomic mass is 16.1. The molecular weight excluding hydrogens is 260 g/mol. The molecule has 0 fully saturated rings. The minimum Gasteiger partial charge on any atom is -0.322 e. The number of anilines is 1. The van der Waals surface area contributed by atoms with Crippen LogP contribution in [0.4, 0.5) is 5.69 Å². The first-order chi connectivity index (χ1) is 10.2. The van der Waals surface area contributed by atoms with Crippen LogP contribution in [0.15, 0.2) is 48.5 Å². The van der Waals surface area contributed by atoms with Gasteiger partial charge in [-0.3, -0.25) is 4.79 Å². The van der Waals surface area contributed by atoms with Crippen molar-refractivity contribution in [1.29, 1.82) is 0 Å². The molecule has 3 heteroatoms. The fraction of sp³-hybridized carbons (Fsp3) is 0.278. The Morgan fingerprint density at radius 1 is 1.19 bits per heavy atom. The molecule has 0 saturated heterocycles. The third-order valence-electron chi connectivity index (χ3n) is 3.99. The van der Waals surface area contributed by atoms with E-state index < -0.39 is 0 Å². The largest absolute Gasteiger partial charge is 0.322 e. The normalized spacial score (nSPS) is 17.7. The van der Waals surface area contributed by atoms with Crippen LogP contribution < -0.4 is 10.6 Å². The molecule has 1 amide bonds. The van der Waals surface area contributed by atoms with Crippen molar-refractivity contribution in [1.82, 2.24) is 5.32 Å². The van der Waals surface area contributed by atoms with Gasteiger partial charge in [0.05, 0.1) is 0 Å². The van der Waals surface area contributed by atoms with Gasteiger partial charge in [0.1, 0.15) is 0 Å². The Kier molecular flexibility index (Phi) is 4.02. The number of hydrogen-bond acceptors (Lipinski definition) is 2. The zero-order chi connectivity index (χ0) is 14.7. The van der Waals surface area contributed by atoms with Gasteiger partial charge in [0.15, 0.2) is 0 Å². The minimum absolute atomic E-state index is 0.0478. The summed E-state index contributed by atoms with van der Waals surface area (Å²) in [6.07, 6.45) is 1.03. The highest BCUT2D eigenvalue weighted by molar-refractivity contribution is 6.04. The smallest absolute Gasteiger partial charge is 0.255 e. The monoisotopic (exact) mass is 280 g/mol. The molecule has 0 radical (unpaired) electrons. The lowest BCUT2D eigenvalue weighted by Crippen LogP contribution is -2.18. The number of hydrogen-bond donors (Lipinski definition) is 2. The molecule has 2 aromatic rings. The van der Waals surface area contributed by atoms with Crippen LogP contribution in [0.5, 0.6) is 0 Å². The average molecular weight is 280 g/mol. The average Bonchev–Trinajstić information content (AvgIpc) is 2.70. The van der Waals surface area contributed by atoms with E-state index in [0.717, 1.165) is 30.8 Å². The van der Waals surface area contributed by atoms with Gasteiger partial charge >= 0.3 is 0 Å². The first-order valence-electron chi connectivity index (χ1n) is 7.44. The van der Waals surface area contributed by atoms with Crippen LogP contribution in [0.3, 0.4) is 0 Å². The molecule has 0 aromatic heterocycles. The summed E-state index contributed by atoms with van der Waals surface area (Å²) in [5.41, 5.74) is 4.20. The van der Waals surface area contributed by atoms with Gasteiger partial charge in [0.2, 0.25) is 0 Å². The Labute approximate surface area is 125 Å². The van der Waals surface area contributed by atoms with Crippen molar-refractivity contribution in [2.75, 3.05) is 18.4 Å². The van der Waals surface area contributed by atoms with Crippen LogP contribution in [0.1, 0.15) is 34.3 Å². The molecule has 3 rings (SSSR count). The molecule has 1 aliphatic rings. The number of para-hydroxylation sites is 1. The van der Waals surface area contributed by atoms with E-state index in [1.54, 1.807) is 0 Å². The highest BCUT2D eigenvalue weighted by Crippen LogP contribution is 2.24. The molecule has 0 aliphatic carbocycles. The summed E-state index contributed by atoms with van der Waals surface area (Å²) in [6.45, 7) is 4.18. The van der Waals surface area contributed by atoms with Gasteiger partial charge in [-0.25, -0.2) is 0 Å². The quantitative estimate of drug-likeness (QED) is 0.887. The van der Waals surface area contributed by atoms with Crippen molar-refractivity contribution in [3.05, 3.63) is 65.2 Å². The van der Waals surface area contributed by atoms with Crippen molar-refractivity contribution < 1.29 is 4.79 Å². The van der Waals surface area contributed by atoms with Gasteiger partial charge in [0.25, 0.3) is 5.91 Å². The Bertz CT molecular complexity index is 637. The van der Waals surface area contributed by atoms with Crippen LogP contribution in [-0.4, -0.2) is 19.0 Å². The molecule has 2 aromatic carbocycles. The number of nitrogens with one attached hydrogen (secondary N) is 2. The summed E-state index contributed by atoms with van der Waals surface area (Å²) in [7, 11) is 0. The van der Waals surface area contributed by atoms with Crippen LogP contribution in [0, 0.1) is 0 Å². The summed E-state index contributed by atoms with van der Waals surface area (Å²) in [5.74, 6) is 0.389. The van der Waals surface area contributed by atoms with Crippen molar-refractivity contribution in [3.8, 4) is 0 Å². The molecule has 1 atom stereocenters. The maximum absolute atomic E-state index is 12.4. The Balaban J connectivity index is 1.84. The van der Waals surface area contributed by atoms with Gasteiger partial charge in [-0.05, 0) is 54.3 Å². The van der Waals surface area contributed by atoms with E-state index in [-0.39, 0.29) is 5.91 Å². The highest BCUT2D eigenvalue weighted by Gasteiger charge is 2.16. The van der Waals surface area contributed by atoms with Gasteiger partial charge in [-0.15, -0.1) is 0 Å². The second-order valence-electron chi connectivity index (χ2n) is 5.59. The molecular formula is C18H20N2O. The van der Waals surface area contributed by atoms with E-state index in [1.165, 1.54) is 11.1 Å². The maximum atomic E-state index is 12.4. The van der Waals surface area contributed by atoms with Gasteiger partial charge < -0.3 is 10.6 Å². The number of benzene rings is 2. The van der Waals surface area contributed by atoms with Crippen molar-refractivity contribution in [2.45, 2.75) is 19.3 Å². The summed E-state index contributed by atoms with van der Waals surface area (Å²) in [6, 6.07) is 15.6.